The van der Waals surface area contributed by atoms with Gasteiger partial charge in [0.2, 0.25) is 0 Å². The minimum atomic E-state index is -0.0922. The summed E-state index contributed by atoms with van der Waals surface area (Å²) in [5, 5.41) is 0.841. The lowest BCUT2D eigenvalue weighted by atomic mass is 10.2. The van der Waals surface area contributed by atoms with Crippen LogP contribution < -0.4 is 5.73 Å². The molecular formula is C12H13N3OS. The molecular weight excluding hydrogens is 234 g/mol. The van der Waals surface area contributed by atoms with Gasteiger partial charge in [-0.1, -0.05) is 6.08 Å². The van der Waals surface area contributed by atoms with Crippen molar-refractivity contribution in [3.05, 3.63) is 35.9 Å². The van der Waals surface area contributed by atoms with Crippen molar-refractivity contribution in [2.75, 3.05) is 19.3 Å². The molecule has 2 heterocycles. The molecule has 4 nitrogen and oxygen atoms in total. The summed E-state index contributed by atoms with van der Waals surface area (Å²) in [6.45, 7) is 4.11. The Bertz CT molecular complexity index is 576. The number of pyridine rings is 1. The molecule has 0 bridgehead atoms. The van der Waals surface area contributed by atoms with Gasteiger partial charge < -0.3 is 10.6 Å². The first-order valence-electron chi connectivity index (χ1n) is 5.14. The molecule has 2 N–H and O–H groups in total. The van der Waals surface area contributed by atoms with Crippen molar-refractivity contribution in [2.45, 2.75) is 0 Å². The lowest BCUT2D eigenvalue weighted by molar-refractivity contribution is 0.0816. The lowest BCUT2D eigenvalue weighted by Gasteiger charge is -2.13. The summed E-state index contributed by atoms with van der Waals surface area (Å²) in [6.07, 6.45) is 3.37. The van der Waals surface area contributed by atoms with E-state index in [-0.39, 0.29) is 5.91 Å². The summed E-state index contributed by atoms with van der Waals surface area (Å²) < 4.78 is 0. The summed E-state index contributed by atoms with van der Waals surface area (Å²) in [5.41, 5.74) is 6.48. The van der Waals surface area contributed by atoms with Crippen molar-refractivity contribution in [3.8, 4) is 0 Å². The number of hydrogen-bond acceptors (Lipinski definition) is 4. The molecule has 2 aromatic heterocycles. The Morgan fingerprint density at radius 2 is 2.47 bits per heavy atom. The van der Waals surface area contributed by atoms with Gasteiger partial charge in [0.15, 0.2) is 0 Å². The highest BCUT2D eigenvalue weighted by Crippen LogP contribution is 2.32. The van der Waals surface area contributed by atoms with E-state index in [2.05, 4.69) is 11.6 Å². The summed E-state index contributed by atoms with van der Waals surface area (Å²) in [5.74, 6) is -0.0922. The van der Waals surface area contributed by atoms with Crippen LogP contribution in [0.3, 0.4) is 0 Å². The van der Waals surface area contributed by atoms with Crippen LogP contribution in [0.15, 0.2) is 31.0 Å². The zero-order valence-corrected chi connectivity index (χ0v) is 10.3. The molecule has 0 fully saturated rings. The van der Waals surface area contributed by atoms with Gasteiger partial charge in [0.1, 0.15) is 9.71 Å². The predicted octanol–water partition coefficient (Wildman–Crippen LogP) is 2.14. The second kappa shape index (κ2) is 4.55. The third-order valence-corrected chi connectivity index (χ3v) is 3.57. The fraction of sp³-hybridized carbons (Fsp3) is 0.167. The Morgan fingerprint density at radius 1 is 1.71 bits per heavy atom. The third-order valence-electron chi connectivity index (χ3n) is 2.45. The van der Waals surface area contributed by atoms with Gasteiger partial charge in [-0.15, -0.1) is 17.9 Å². The molecule has 1 amide bonds. The Morgan fingerprint density at radius 3 is 3.12 bits per heavy atom. The van der Waals surface area contributed by atoms with E-state index in [1.54, 1.807) is 24.2 Å². The average Bonchev–Trinajstić information content (AvgIpc) is 2.67. The molecule has 0 saturated carbocycles. The minimum absolute atomic E-state index is 0.0922. The molecule has 2 rings (SSSR count). The van der Waals surface area contributed by atoms with E-state index < -0.39 is 0 Å². The number of nitrogens with two attached hydrogens (primary N) is 1. The van der Waals surface area contributed by atoms with Gasteiger partial charge >= 0.3 is 0 Å². The zero-order valence-electron chi connectivity index (χ0n) is 9.51. The van der Waals surface area contributed by atoms with Gasteiger partial charge in [0.25, 0.3) is 5.91 Å². The summed E-state index contributed by atoms with van der Waals surface area (Å²) in [7, 11) is 1.72. The van der Waals surface area contributed by atoms with Crippen LogP contribution in [0.4, 0.5) is 5.69 Å². The minimum Gasteiger partial charge on any atom is -0.397 e. The topological polar surface area (TPSA) is 59.2 Å². The fourth-order valence-electron chi connectivity index (χ4n) is 1.56. The number of carbonyl (C=O) groups excluding carboxylic acids is 1. The lowest BCUT2D eigenvalue weighted by Crippen LogP contribution is -2.26. The quantitative estimate of drug-likeness (QED) is 0.845. The molecule has 0 spiro atoms. The summed E-state index contributed by atoms with van der Waals surface area (Å²) in [4.78, 5) is 19.2. The Hall–Kier alpha value is -1.88. The molecule has 0 unspecified atom stereocenters. The van der Waals surface area contributed by atoms with Crippen molar-refractivity contribution in [1.82, 2.24) is 9.88 Å². The van der Waals surface area contributed by atoms with Gasteiger partial charge in [0.05, 0.1) is 5.69 Å². The normalized spacial score (nSPS) is 10.4. The highest BCUT2D eigenvalue weighted by Gasteiger charge is 2.19. The van der Waals surface area contributed by atoms with Crippen LogP contribution in [-0.2, 0) is 0 Å². The number of anilines is 1. The molecule has 5 heteroatoms. The molecule has 0 aromatic carbocycles. The van der Waals surface area contributed by atoms with Gasteiger partial charge in [0, 0.05) is 25.2 Å². The first-order valence-corrected chi connectivity index (χ1v) is 5.96. The Balaban J connectivity index is 2.45. The highest BCUT2D eigenvalue weighted by atomic mass is 32.1. The number of carbonyl (C=O) groups is 1. The summed E-state index contributed by atoms with van der Waals surface area (Å²) >= 11 is 1.32. The molecule has 88 valence electrons. The van der Waals surface area contributed by atoms with Crippen molar-refractivity contribution in [1.29, 1.82) is 0 Å². The second-order valence-electron chi connectivity index (χ2n) is 3.68. The Labute approximate surface area is 103 Å². The first-order chi connectivity index (χ1) is 8.15. The van der Waals surface area contributed by atoms with Crippen LogP contribution in [-0.4, -0.2) is 29.4 Å². The van der Waals surface area contributed by atoms with Crippen LogP contribution in [0.25, 0.3) is 10.2 Å². The smallest absolute Gasteiger partial charge is 0.266 e. The molecule has 2 aromatic rings. The standard InChI is InChI=1S/C12H13N3OS/c1-3-7-15(2)12(16)10-9(13)8-5-4-6-14-11(8)17-10/h3-6H,1,7,13H2,2H3. The maximum Gasteiger partial charge on any atom is 0.266 e. The van der Waals surface area contributed by atoms with E-state index >= 15 is 0 Å². The van der Waals surface area contributed by atoms with Crippen LogP contribution in [0.5, 0.6) is 0 Å². The number of nitrogen functional groups attached to an aromatic ring is 1. The van der Waals surface area contributed by atoms with E-state index in [0.29, 0.717) is 17.1 Å². The summed E-state index contributed by atoms with van der Waals surface area (Å²) in [6, 6.07) is 3.69. The second-order valence-corrected chi connectivity index (χ2v) is 4.67. The molecule has 0 radical (unpaired) electrons. The van der Waals surface area contributed by atoms with E-state index in [0.717, 1.165) is 10.2 Å². The van der Waals surface area contributed by atoms with Crippen molar-refractivity contribution in [3.63, 3.8) is 0 Å². The van der Waals surface area contributed by atoms with E-state index in [1.807, 2.05) is 12.1 Å². The maximum atomic E-state index is 12.1. The number of rotatable bonds is 3. The van der Waals surface area contributed by atoms with Crippen molar-refractivity contribution < 1.29 is 4.79 Å². The van der Waals surface area contributed by atoms with Crippen molar-refractivity contribution in [2.24, 2.45) is 0 Å². The first kappa shape index (κ1) is 11.6. The molecule has 17 heavy (non-hydrogen) atoms. The van der Waals surface area contributed by atoms with Crippen LogP contribution >= 0.6 is 11.3 Å². The van der Waals surface area contributed by atoms with Gasteiger partial charge in [-0.25, -0.2) is 4.98 Å². The number of thiophene rings is 1. The van der Waals surface area contributed by atoms with E-state index in [9.17, 15) is 4.79 Å². The van der Waals surface area contributed by atoms with E-state index in [1.165, 1.54) is 11.3 Å². The SMILES string of the molecule is C=CCN(C)C(=O)c1sc2ncccc2c1N. The molecule has 0 aliphatic carbocycles. The molecule has 0 aliphatic heterocycles. The Kier molecular flexibility index (Phi) is 3.10. The monoisotopic (exact) mass is 247 g/mol. The number of fused-ring (bicyclic) bond motifs is 1. The van der Waals surface area contributed by atoms with Crippen LogP contribution in [0, 0.1) is 0 Å². The number of nitrogens with zero attached hydrogens (tertiary/aromatic N) is 2. The highest BCUT2D eigenvalue weighted by molar-refractivity contribution is 7.21. The number of aromatic nitrogens is 1. The van der Waals surface area contributed by atoms with Crippen molar-refractivity contribution >= 4 is 33.1 Å². The molecule has 0 aliphatic rings. The van der Waals surface area contributed by atoms with E-state index in [4.69, 9.17) is 5.73 Å². The fourth-order valence-corrected chi connectivity index (χ4v) is 2.62. The number of amides is 1. The molecule has 0 atom stereocenters. The van der Waals surface area contributed by atoms with Gasteiger partial charge in [-0.3, -0.25) is 4.79 Å². The molecule has 0 saturated heterocycles. The predicted molar refractivity (Wildman–Crippen MR) is 71.2 cm³/mol. The van der Waals surface area contributed by atoms with Crippen LogP contribution in [0.2, 0.25) is 0 Å². The number of likely N-dealkylation sites (N-methyl/N-ethyl adjacent to an activating group) is 1. The third kappa shape index (κ3) is 2.01. The maximum absolute atomic E-state index is 12.1. The van der Waals surface area contributed by atoms with Gasteiger partial charge in [-0.2, -0.15) is 0 Å². The van der Waals surface area contributed by atoms with Gasteiger partial charge in [-0.05, 0) is 12.1 Å². The largest absolute Gasteiger partial charge is 0.397 e. The zero-order chi connectivity index (χ0) is 12.4. The number of hydrogen-bond donors (Lipinski definition) is 1. The average molecular weight is 247 g/mol. The van der Waals surface area contributed by atoms with Crippen LogP contribution in [0.1, 0.15) is 9.67 Å².